The van der Waals surface area contributed by atoms with E-state index in [4.69, 9.17) is 0 Å². The fourth-order valence-corrected chi connectivity index (χ4v) is 6.70. The highest BCUT2D eigenvalue weighted by molar-refractivity contribution is 5.37. The Bertz CT molecular complexity index is 1100. The zero-order chi connectivity index (χ0) is 29.8. The van der Waals surface area contributed by atoms with Gasteiger partial charge in [-0.2, -0.15) is 0 Å². The third-order valence-corrected chi connectivity index (χ3v) is 9.36. The summed E-state index contributed by atoms with van der Waals surface area (Å²) in [6, 6.07) is 0. The molecular weight excluding hydrogens is 480 g/mol. The number of allylic oxidation sites excluding steroid dienone is 18. The van der Waals surface area contributed by atoms with Crippen molar-refractivity contribution in [1.82, 2.24) is 0 Å². The van der Waals surface area contributed by atoms with Crippen molar-refractivity contribution in [2.24, 2.45) is 22.7 Å². The maximum absolute atomic E-state index is 2.48. The van der Waals surface area contributed by atoms with E-state index in [9.17, 15) is 0 Å². The molecule has 2 atom stereocenters. The van der Waals surface area contributed by atoms with Gasteiger partial charge in [-0.05, 0) is 101 Å². The summed E-state index contributed by atoms with van der Waals surface area (Å²) in [7, 11) is 0. The van der Waals surface area contributed by atoms with Gasteiger partial charge in [-0.1, -0.05) is 148 Å². The highest BCUT2D eigenvalue weighted by Gasteiger charge is 2.36. The molecule has 0 heteroatoms. The SMILES string of the molecule is CC1=C(/C=C/C(C)=C\C=C\C(C)=C\C=C\C=C(C)\C=C\C=C(/C)CC[C@H]2[C@H](C)CCCC2(C)C)C(C)(C)CCC1. The third kappa shape index (κ3) is 11.6. The molecule has 0 unspecified atom stereocenters. The largest absolute Gasteiger partial charge is 0.0733 e. The van der Waals surface area contributed by atoms with E-state index in [0.717, 1.165) is 11.8 Å². The van der Waals surface area contributed by atoms with Gasteiger partial charge in [-0.3, -0.25) is 0 Å². The molecule has 40 heavy (non-hydrogen) atoms. The first kappa shape index (κ1) is 33.9. The first-order valence-corrected chi connectivity index (χ1v) is 15.9. The molecule has 2 rings (SSSR count). The molecule has 0 spiro atoms. The molecule has 0 nitrogen and oxygen atoms in total. The quantitative estimate of drug-likeness (QED) is 0.229. The second-order valence-corrected chi connectivity index (χ2v) is 14.1. The lowest BCUT2D eigenvalue weighted by molar-refractivity contribution is 0.0767. The molecule has 0 bridgehead atoms. The highest BCUT2D eigenvalue weighted by Crippen LogP contribution is 2.46. The lowest BCUT2D eigenvalue weighted by atomic mass is 9.62. The molecule has 0 aromatic carbocycles. The van der Waals surface area contributed by atoms with Crippen LogP contribution in [0.4, 0.5) is 0 Å². The lowest BCUT2D eigenvalue weighted by Gasteiger charge is -2.43. The fraction of sp³-hybridized carbons (Fsp3) is 0.550. The molecule has 0 N–H and O–H groups in total. The average Bonchev–Trinajstić information content (AvgIpc) is 2.85. The predicted octanol–water partition coefficient (Wildman–Crippen LogP) is 12.8. The van der Waals surface area contributed by atoms with E-state index < -0.39 is 0 Å². The van der Waals surface area contributed by atoms with Crippen LogP contribution in [0.25, 0.3) is 0 Å². The molecule has 0 aromatic rings. The summed E-state index contributed by atoms with van der Waals surface area (Å²) in [6.07, 6.45) is 37.0. The Morgan fingerprint density at radius 3 is 1.93 bits per heavy atom. The molecule has 0 aromatic heterocycles. The summed E-state index contributed by atoms with van der Waals surface area (Å²) in [5.41, 5.74) is 9.15. The van der Waals surface area contributed by atoms with E-state index in [-0.39, 0.29) is 0 Å². The van der Waals surface area contributed by atoms with Crippen LogP contribution in [0.5, 0.6) is 0 Å². The number of rotatable bonds is 11. The van der Waals surface area contributed by atoms with Crippen LogP contribution in [0.3, 0.4) is 0 Å². The van der Waals surface area contributed by atoms with Gasteiger partial charge in [-0.25, -0.2) is 0 Å². The standard InChI is InChI=1S/C40H60/c1-31(19-13-21-33(3)25-27-37-35(5)23-15-29-39(37,7)8)17-11-12-18-32(2)20-14-22-34(4)26-28-38-36(6)24-16-30-40(38,9)10/h11-14,17-22,25,27,36,38H,15-16,23-24,26,28-30H2,1-10H3/b12-11+,19-13+,20-14+,27-25+,31-17+,32-18+,33-21-,34-22+/t36-,38+/m1/s1. The van der Waals surface area contributed by atoms with Gasteiger partial charge in [0.25, 0.3) is 0 Å². The van der Waals surface area contributed by atoms with Crippen molar-refractivity contribution in [2.45, 2.75) is 121 Å². The van der Waals surface area contributed by atoms with Crippen LogP contribution < -0.4 is 0 Å². The van der Waals surface area contributed by atoms with E-state index in [1.54, 1.807) is 5.57 Å². The first-order chi connectivity index (χ1) is 18.8. The Kier molecular flexibility index (Phi) is 13.7. The van der Waals surface area contributed by atoms with Gasteiger partial charge in [-0.15, -0.1) is 0 Å². The number of hydrogen-bond donors (Lipinski definition) is 0. The number of hydrogen-bond acceptors (Lipinski definition) is 0. The molecule has 0 amide bonds. The van der Waals surface area contributed by atoms with Crippen LogP contribution in [0.15, 0.2) is 106 Å². The zero-order valence-electron chi connectivity index (χ0n) is 27.7. The molecule has 0 saturated heterocycles. The van der Waals surface area contributed by atoms with E-state index in [1.165, 1.54) is 79.2 Å². The minimum absolute atomic E-state index is 0.295. The molecule has 0 aliphatic heterocycles. The third-order valence-electron chi connectivity index (χ3n) is 9.36. The van der Waals surface area contributed by atoms with Crippen molar-refractivity contribution < 1.29 is 0 Å². The monoisotopic (exact) mass is 540 g/mol. The Morgan fingerprint density at radius 1 is 0.750 bits per heavy atom. The highest BCUT2D eigenvalue weighted by atomic mass is 14.4. The van der Waals surface area contributed by atoms with Gasteiger partial charge in [0, 0.05) is 0 Å². The Balaban J connectivity index is 1.82. The topological polar surface area (TPSA) is 0 Å². The van der Waals surface area contributed by atoms with Gasteiger partial charge >= 0.3 is 0 Å². The van der Waals surface area contributed by atoms with Crippen LogP contribution in [0.1, 0.15) is 121 Å². The molecule has 2 aliphatic rings. The maximum atomic E-state index is 2.48. The van der Waals surface area contributed by atoms with Crippen LogP contribution >= 0.6 is 0 Å². The summed E-state index contributed by atoms with van der Waals surface area (Å²) in [5.74, 6) is 1.71. The molecule has 2 aliphatic carbocycles. The average molecular weight is 541 g/mol. The molecule has 220 valence electrons. The maximum Gasteiger partial charge on any atom is -0.0104 e. The molecule has 1 fully saturated rings. The van der Waals surface area contributed by atoms with E-state index in [1.807, 2.05) is 0 Å². The van der Waals surface area contributed by atoms with Crippen molar-refractivity contribution in [1.29, 1.82) is 0 Å². The van der Waals surface area contributed by atoms with Gasteiger partial charge in [0.2, 0.25) is 0 Å². The molecule has 0 radical (unpaired) electrons. The van der Waals surface area contributed by atoms with Crippen molar-refractivity contribution in [3.05, 3.63) is 106 Å². The minimum Gasteiger partial charge on any atom is -0.0733 e. The summed E-state index contributed by atoms with van der Waals surface area (Å²) >= 11 is 0. The Labute approximate surface area is 249 Å². The van der Waals surface area contributed by atoms with E-state index in [2.05, 4.69) is 142 Å². The van der Waals surface area contributed by atoms with Crippen molar-refractivity contribution in [3.8, 4) is 0 Å². The first-order valence-electron chi connectivity index (χ1n) is 15.9. The van der Waals surface area contributed by atoms with Gasteiger partial charge < -0.3 is 0 Å². The second-order valence-electron chi connectivity index (χ2n) is 14.1. The van der Waals surface area contributed by atoms with Crippen LogP contribution in [-0.2, 0) is 0 Å². The van der Waals surface area contributed by atoms with Crippen molar-refractivity contribution in [2.75, 3.05) is 0 Å². The van der Waals surface area contributed by atoms with Gasteiger partial charge in [0.05, 0.1) is 0 Å². The van der Waals surface area contributed by atoms with Crippen LogP contribution in [0, 0.1) is 22.7 Å². The molecule has 1 saturated carbocycles. The summed E-state index contributed by atoms with van der Waals surface area (Å²) < 4.78 is 0. The van der Waals surface area contributed by atoms with Crippen molar-refractivity contribution >= 4 is 0 Å². The van der Waals surface area contributed by atoms with Crippen molar-refractivity contribution in [3.63, 3.8) is 0 Å². The van der Waals surface area contributed by atoms with Gasteiger partial charge in [0.1, 0.15) is 0 Å². The summed E-state index contributed by atoms with van der Waals surface area (Å²) in [4.78, 5) is 0. The fourth-order valence-electron chi connectivity index (χ4n) is 6.70. The van der Waals surface area contributed by atoms with E-state index >= 15 is 0 Å². The van der Waals surface area contributed by atoms with Crippen LogP contribution in [0.2, 0.25) is 0 Å². The smallest absolute Gasteiger partial charge is 0.0104 e. The molecule has 0 heterocycles. The predicted molar refractivity (Wildman–Crippen MR) is 181 cm³/mol. The summed E-state index contributed by atoms with van der Waals surface area (Å²) in [6.45, 7) is 23.3. The Hall–Kier alpha value is -2.34. The summed E-state index contributed by atoms with van der Waals surface area (Å²) in [5, 5.41) is 0. The zero-order valence-corrected chi connectivity index (χ0v) is 27.7. The van der Waals surface area contributed by atoms with Gasteiger partial charge in [0.15, 0.2) is 0 Å². The minimum atomic E-state index is 0.295. The normalized spacial score (nSPS) is 25.4. The van der Waals surface area contributed by atoms with E-state index in [0.29, 0.717) is 10.8 Å². The lowest BCUT2D eigenvalue weighted by Crippen LogP contribution is -2.33. The van der Waals surface area contributed by atoms with Crippen LogP contribution in [-0.4, -0.2) is 0 Å². The molecular formula is C40H60. The second kappa shape index (κ2) is 16.2. The Morgan fingerprint density at radius 2 is 1.32 bits per heavy atom.